The number of amides is 3. The smallest absolute Gasteiger partial charge is 0.260 e. The van der Waals surface area contributed by atoms with Crippen LogP contribution in [-0.2, 0) is 16.0 Å². The van der Waals surface area contributed by atoms with E-state index in [-0.39, 0.29) is 30.5 Å². The van der Waals surface area contributed by atoms with Crippen LogP contribution in [0.2, 0.25) is 0 Å². The standard InChI is InChI=1S/C23H28N4O4/c1-2-17-7-3-5-9-19(17)25-21(28)15-26-11-13-27(14-12-26)22(29)16-31-20-10-6-4-8-18(20)23(24)30/h3-10H,2,11-16H2,1H3,(H2,24,30)(H,25,28). The van der Waals surface area contributed by atoms with E-state index in [1.807, 2.05) is 29.2 Å². The molecule has 31 heavy (non-hydrogen) atoms. The maximum Gasteiger partial charge on any atom is 0.260 e. The minimum absolute atomic E-state index is 0.0629. The van der Waals surface area contributed by atoms with E-state index < -0.39 is 5.91 Å². The molecule has 1 fully saturated rings. The number of benzene rings is 2. The minimum atomic E-state index is -0.600. The van der Waals surface area contributed by atoms with Crippen molar-refractivity contribution in [2.75, 3.05) is 44.6 Å². The van der Waals surface area contributed by atoms with E-state index in [1.165, 1.54) is 0 Å². The number of hydrogen-bond acceptors (Lipinski definition) is 5. The van der Waals surface area contributed by atoms with Crippen LogP contribution in [0, 0.1) is 0 Å². The number of rotatable bonds is 8. The number of nitrogens with two attached hydrogens (primary N) is 1. The fraction of sp³-hybridized carbons (Fsp3) is 0.348. The van der Waals surface area contributed by atoms with Crippen LogP contribution in [0.15, 0.2) is 48.5 Å². The Morgan fingerprint density at radius 2 is 1.68 bits per heavy atom. The van der Waals surface area contributed by atoms with Crippen molar-refractivity contribution in [3.05, 3.63) is 59.7 Å². The van der Waals surface area contributed by atoms with Gasteiger partial charge in [-0.25, -0.2) is 0 Å². The first-order valence-corrected chi connectivity index (χ1v) is 10.4. The Kier molecular flexibility index (Phi) is 7.61. The number of para-hydroxylation sites is 2. The molecule has 0 bridgehead atoms. The second kappa shape index (κ2) is 10.6. The van der Waals surface area contributed by atoms with Gasteiger partial charge in [0.1, 0.15) is 5.75 Å². The predicted molar refractivity (Wildman–Crippen MR) is 118 cm³/mol. The predicted octanol–water partition coefficient (Wildman–Crippen LogP) is 1.51. The van der Waals surface area contributed by atoms with Crippen molar-refractivity contribution < 1.29 is 19.1 Å². The number of primary amides is 1. The first kappa shape index (κ1) is 22.3. The number of aryl methyl sites for hydroxylation is 1. The number of ether oxygens (including phenoxy) is 1. The third-order valence-corrected chi connectivity index (χ3v) is 5.27. The lowest BCUT2D eigenvalue weighted by atomic mass is 10.1. The van der Waals surface area contributed by atoms with E-state index in [9.17, 15) is 14.4 Å². The molecule has 1 saturated heterocycles. The maximum absolute atomic E-state index is 12.5. The highest BCUT2D eigenvalue weighted by atomic mass is 16.5. The molecule has 0 aliphatic carbocycles. The van der Waals surface area contributed by atoms with Crippen LogP contribution in [0.5, 0.6) is 5.75 Å². The molecule has 0 unspecified atom stereocenters. The molecule has 1 aliphatic heterocycles. The monoisotopic (exact) mass is 424 g/mol. The lowest BCUT2D eigenvalue weighted by molar-refractivity contribution is -0.135. The lowest BCUT2D eigenvalue weighted by Gasteiger charge is -2.34. The Bertz CT molecular complexity index is 939. The average molecular weight is 425 g/mol. The molecule has 8 heteroatoms. The highest BCUT2D eigenvalue weighted by Crippen LogP contribution is 2.18. The number of hydrogen-bond donors (Lipinski definition) is 2. The van der Waals surface area contributed by atoms with Gasteiger partial charge in [-0.05, 0) is 30.2 Å². The van der Waals surface area contributed by atoms with Crippen molar-refractivity contribution in [3.63, 3.8) is 0 Å². The fourth-order valence-electron chi connectivity index (χ4n) is 3.53. The van der Waals surface area contributed by atoms with Crippen molar-refractivity contribution in [1.82, 2.24) is 9.80 Å². The van der Waals surface area contributed by atoms with Gasteiger partial charge in [-0.2, -0.15) is 0 Å². The van der Waals surface area contributed by atoms with Gasteiger partial charge in [-0.15, -0.1) is 0 Å². The molecule has 3 rings (SSSR count). The Labute approximate surface area is 182 Å². The molecule has 1 heterocycles. The Balaban J connectivity index is 1.44. The first-order valence-electron chi connectivity index (χ1n) is 10.4. The summed E-state index contributed by atoms with van der Waals surface area (Å²) in [6.45, 7) is 4.40. The van der Waals surface area contributed by atoms with Gasteiger partial charge < -0.3 is 20.7 Å². The minimum Gasteiger partial charge on any atom is -0.483 e. The number of carbonyl (C=O) groups excluding carboxylic acids is 3. The molecule has 0 saturated carbocycles. The summed E-state index contributed by atoms with van der Waals surface area (Å²) in [5.74, 6) is -0.533. The van der Waals surface area contributed by atoms with Gasteiger partial charge in [-0.3, -0.25) is 19.3 Å². The van der Waals surface area contributed by atoms with Gasteiger partial charge in [0.15, 0.2) is 6.61 Å². The number of nitrogens with one attached hydrogen (secondary N) is 1. The van der Waals surface area contributed by atoms with E-state index in [4.69, 9.17) is 10.5 Å². The summed E-state index contributed by atoms with van der Waals surface area (Å²) in [5.41, 5.74) is 7.52. The van der Waals surface area contributed by atoms with Crippen LogP contribution in [0.3, 0.4) is 0 Å². The summed E-state index contributed by atoms with van der Waals surface area (Å²) in [4.78, 5) is 40.1. The summed E-state index contributed by atoms with van der Waals surface area (Å²) >= 11 is 0. The van der Waals surface area contributed by atoms with E-state index in [0.717, 1.165) is 17.7 Å². The first-order chi connectivity index (χ1) is 15.0. The average Bonchev–Trinajstić information content (AvgIpc) is 2.78. The topological polar surface area (TPSA) is 105 Å². The molecule has 8 nitrogen and oxygen atoms in total. The third-order valence-electron chi connectivity index (χ3n) is 5.27. The molecule has 0 spiro atoms. The zero-order valence-corrected chi connectivity index (χ0v) is 17.7. The molecule has 2 aromatic carbocycles. The molecule has 1 aliphatic rings. The number of piperazine rings is 1. The van der Waals surface area contributed by atoms with Gasteiger partial charge in [0.05, 0.1) is 12.1 Å². The lowest BCUT2D eigenvalue weighted by Crippen LogP contribution is -2.51. The maximum atomic E-state index is 12.5. The summed E-state index contributed by atoms with van der Waals surface area (Å²) in [5, 5.41) is 2.98. The van der Waals surface area contributed by atoms with Crippen LogP contribution in [0.4, 0.5) is 5.69 Å². The summed E-state index contributed by atoms with van der Waals surface area (Å²) in [6, 6.07) is 14.4. The van der Waals surface area contributed by atoms with Crippen LogP contribution < -0.4 is 15.8 Å². The van der Waals surface area contributed by atoms with Crippen molar-refractivity contribution in [3.8, 4) is 5.75 Å². The van der Waals surface area contributed by atoms with Gasteiger partial charge in [0.25, 0.3) is 11.8 Å². The molecule has 3 amide bonds. The molecule has 0 aromatic heterocycles. The normalized spacial score (nSPS) is 14.2. The van der Waals surface area contributed by atoms with Gasteiger partial charge in [-0.1, -0.05) is 37.3 Å². The summed E-state index contributed by atoms with van der Waals surface area (Å²) in [7, 11) is 0. The highest BCUT2D eigenvalue weighted by Gasteiger charge is 2.23. The van der Waals surface area contributed by atoms with Crippen molar-refractivity contribution in [2.24, 2.45) is 5.73 Å². The Morgan fingerprint density at radius 3 is 2.39 bits per heavy atom. The van der Waals surface area contributed by atoms with E-state index in [0.29, 0.717) is 31.9 Å². The number of nitrogens with zero attached hydrogens (tertiary/aromatic N) is 2. The molecular weight excluding hydrogens is 396 g/mol. The molecule has 164 valence electrons. The second-order valence-electron chi connectivity index (χ2n) is 7.36. The zero-order chi connectivity index (χ0) is 22.2. The largest absolute Gasteiger partial charge is 0.483 e. The highest BCUT2D eigenvalue weighted by molar-refractivity contribution is 5.95. The zero-order valence-electron chi connectivity index (χ0n) is 17.7. The van der Waals surface area contributed by atoms with Gasteiger partial charge in [0, 0.05) is 31.9 Å². The molecule has 0 atom stereocenters. The fourth-order valence-corrected chi connectivity index (χ4v) is 3.53. The molecule has 0 radical (unpaired) electrons. The number of anilines is 1. The van der Waals surface area contributed by atoms with Crippen molar-refractivity contribution in [1.29, 1.82) is 0 Å². The molecule has 3 N–H and O–H groups in total. The van der Waals surface area contributed by atoms with E-state index in [1.54, 1.807) is 29.2 Å². The second-order valence-corrected chi connectivity index (χ2v) is 7.36. The quantitative estimate of drug-likeness (QED) is 0.668. The Morgan fingerprint density at radius 1 is 1.00 bits per heavy atom. The van der Waals surface area contributed by atoms with Crippen LogP contribution in [-0.4, -0.2) is 66.9 Å². The van der Waals surface area contributed by atoms with Crippen molar-refractivity contribution >= 4 is 23.4 Å². The van der Waals surface area contributed by atoms with E-state index in [2.05, 4.69) is 12.2 Å². The van der Waals surface area contributed by atoms with Gasteiger partial charge in [0.2, 0.25) is 5.91 Å². The molecular formula is C23H28N4O4. The van der Waals surface area contributed by atoms with Crippen molar-refractivity contribution in [2.45, 2.75) is 13.3 Å². The van der Waals surface area contributed by atoms with Gasteiger partial charge >= 0.3 is 0 Å². The molecule has 2 aromatic rings. The summed E-state index contributed by atoms with van der Waals surface area (Å²) < 4.78 is 5.52. The van der Waals surface area contributed by atoms with Crippen LogP contribution in [0.1, 0.15) is 22.8 Å². The SMILES string of the molecule is CCc1ccccc1NC(=O)CN1CCN(C(=O)COc2ccccc2C(N)=O)CC1. The third kappa shape index (κ3) is 6.05. The van der Waals surface area contributed by atoms with E-state index >= 15 is 0 Å². The Hall–Kier alpha value is -3.39. The summed E-state index contributed by atoms with van der Waals surface area (Å²) in [6.07, 6.45) is 0.850. The van der Waals surface area contributed by atoms with Crippen LogP contribution >= 0.6 is 0 Å². The number of carbonyl (C=O) groups is 3. The van der Waals surface area contributed by atoms with Crippen LogP contribution in [0.25, 0.3) is 0 Å².